The molecule has 0 aliphatic rings. The van der Waals surface area contributed by atoms with E-state index in [4.69, 9.17) is 11.6 Å². The molecule has 0 aromatic heterocycles. The van der Waals surface area contributed by atoms with Gasteiger partial charge in [0.05, 0.1) is 5.02 Å². The van der Waals surface area contributed by atoms with Crippen LogP contribution in [0, 0.1) is 5.82 Å². The SMILES string of the molecule is CC(C)NCCC(=O)Nc1ccc(Cl)c(F)c1. The Labute approximate surface area is 105 Å². The molecule has 0 atom stereocenters. The molecule has 0 spiro atoms. The van der Waals surface area contributed by atoms with E-state index >= 15 is 0 Å². The number of amides is 1. The van der Waals surface area contributed by atoms with E-state index in [1.165, 1.54) is 12.1 Å². The molecule has 3 nitrogen and oxygen atoms in total. The molecule has 0 unspecified atom stereocenters. The average molecular weight is 259 g/mol. The van der Waals surface area contributed by atoms with Gasteiger partial charge in [-0.15, -0.1) is 0 Å². The average Bonchev–Trinajstić information content (AvgIpc) is 2.23. The first kappa shape index (κ1) is 13.9. The predicted octanol–water partition coefficient (Wildman–Crippen LogP) is 2.81. The van der Waals surface area contributed by atoms with Gasteiger partial charge >= 0.3 is 0 Å². The summed E-state index contributed by atoms with van der Waals surface area (Å²) in [5.41, 5.74) is 0.418. The van der Waals surface area contributed by atoms with E-state index in [2.05, 4.69) is 10.6 Å². The Kier molecular flexibility index (Phi) is 5.38. The van der Waals surface area contributed by atoms with E-state index in [0.29, 0.717) is 24.7 Å². The van der Waals surface area contributed by atoms with Crippen LogP contribution in [0.2, 0.25) is 5.02 Å². The second-order valence-electron chi connectivity index (χ2n) is 4.04. The first-order valence-electron chi connectivity index (χ1n) is 5.47. The fourth-order valence-corrected chi connectivity index (χ4v) is 1.39. The van der Waals surface area contributed by atoms with Crippen LogP contribution < -0.4 is 10.6 Å². The molecule has 2 N–H and O–H groups in total. The van der Waals surface area contributed by atoms with Gasteiger partial charge in [0.1, 0.15) is 5.82 Å². The second kappa shape index (κ2) is 6.57. The molecular weight excluding hydrogens is 243 g/mol. The highest BCUT2D eigenvalue weighted by atomic mass is 35.5. The molecule has 17 heavy (non-hydrogen) atoms. The molecule has 0 fully saturated rings. The Hall–Kier alpha value is -1.13. The summed E-state index contributed by atoms with van der Waals surface area (Å²) in [7, 11) is 0. The third-order valence-corrected chi connectivity index (χ3v) is 2.41. The van der Waals surface area contributed by atoms with Crippen molar-refractivity contribution in [2.45, 2.75) is 26.3 Å². The lowest BCUT2D eigenvalue weighted by molar-refractivity contribution is -0.116. The lowest BCUT2D eigenvalue weighted by atomic mass is 10.3. The maximum absolute atomic E-state index is 13.1. The van der Waals surface area contributed by atoms with E-state index in [1.54, 1.807) is 6.07 Å². The van der Waals surface area contributed by atoms with Crippen LogP contribution in [0.5, 0.6) is 0 Å². The van der Waals surface area contributed by atoms with Crippen LogP contribution in [-0.4, -0.2) is 18.5 Å². The van der Waals surface area contributed by atoms with Crippen LogP contribution in [0.25, 0.3) is 0 Å². The number of hydrogen-bond acceptors (Lipinski definition) is 2. The lowest BCUT2D eigenvalue weighted by Crippen LogP contribution is -2.27. The van der Waals surface area contributed by atoms with E-state index in [0.717, 1.165) is 0 Å². The van der Waals surface area contributed by atoms with Crippen molar-refractivity contribution in [3.05, 3.63) is 29.0 Å². The quantitative estimate of drug-likeness (QED) is 0.853. The van der Waals surface area contributed by atoms with Gasteiger partial charge in [0.15, 0.2) is 0 Å². The summed E-state index contributed by atoms with van der Waals surface area (Å²) < 4.78 is 13.1. The standard InChI is InChI=1S/C12H16ClFN2O/c1-8(2)15-6-5-12(17)16-9-3-4-10(13)11(14)7-9/h3-4,7-8,15H,5-6H2,1-2H3,(H,16,17). The number of rotatable bonds is 5. The first-order chi connectivity index (χ1) is 7.99. The van der Waals surface area contributed by atoms with E-state index in [9.17, 15) is 9.18 Å². The zero-order chi connectivity index (χ0) is 12.8. The van der Waals surface area contributed by atoms with Crippen LogP contribution in [0.15, 0.2) is 18.2 Å². The first-order valence-corrected chi connectivity index (χ1v) is 5.85. The van der Waals surface area contributed by atoms with Crippen LogP contribution in [0.1, 0.15) is 20.3 Å². The summed E-state index contributed by atoms with van der Waals surface area (Å²) in [5, 5.41) is 5.78. The number of benzene rings is 1. The monoisotopic (exact) mass is 258 g/mol. The molecule has 0 heterocycles. The molecule has 5 heteroatoms. The van der Waals surface area contributed by atoms with Crippen molar-refractivity contribution in [2.24, 2.45) is 0 Å². The molecule has 0 aliphatic carbocycles. The topological polar surface area (TPSA) is 41.1 Å². The van der Waals surface area contributed by atoms with Crippen LogP contribution in [0.4, 0.5) is 10.1 Å². The molecule has 1 amide bonds. The van der Waals surface area contributed by atoms with Gasteiger partial charge in [-0.3, -0.25) is 4.79 Å². The van der Waals surface area contributed by atoms with Gasteiger partial charge < -0.3 is 10.6 Å². The normalized spacial score (nSPS) is 10.6. The summed E-state index contributed by atoms with van der Waals surface area (Å²) in [6.07, 6.45) is 0.350. The molecule has 0 saturated heterocycles. The highest BCUT2D eigenvalue weighted by Gasteiger charge is 2.05. The van der Waals surface area contributed by atoms with Gasteiger partial charge in [-0.05, 0) is 18.2 Å². The smallest absolute Gasteiger partial charge is 0.225 e. The minimum Gasteiger partial charge on any atom is -0.326 e. The molecule has 1 rings (SSSR count). The number of halogens is 2. The van der Waals surface area contributed by atoms with Crippen LogP contribution >= 0.6 is 11.6 Å². The summed E-state index contributed by atoms with van der Waals surface area (Å²) in [4.78, 5) is 11.5. The van der Waals surface area contributed by atoms with Crippen molar-refractivity contribution in [1.82, 2.24) is 5.32 Å². The predicted molar refractivity (Wildman–Crippen MR) is 67.8 cm³/mol. The van der Waals surface area contributed by atoms with E-state index < -0.39 is 5.82 Å². The largest absolute Gasteiger partial charge is 0.326 e. The summed E-state index contributed by atoms with van der Waals surface area (Å²) in [6, 6.07) is 4.53. The van der Waals surface area contributed by atoms with Gasteiger partial charge in [-0.25, -0.2) is 4.39 Å². The summed E-state index contributed by atoms with van der Waals surface area (Å²) >= 11 is 5.54. The molecular formula is C12H16ClFN2O. The molecule has 1 aromatic carbocycles. The van der Waals surface area contributed by atoms with Crippen molar-refractivity contribution >= 4 is 23.2 Å². The van der Waals surface area contributed by atoms with Crippen LogP contribution in [-0.2, 0) is 4.79 Å². The van der Waals surface area contributed by atoms with Gasteiger partial charge in [0.25, 0.3) is 0 Å². The molecule has 0 aliphatic heterocycles. The highest BCUT2D eigenvalue weighted by molar-refractivity contribution is 6.30. The van der Waals surface area contributed by atoms with E-state index in [1.807, 2.05) is 13.8 Å². The van der Waals surface area contributed by atoms with Crippen molar-refractivity contribution in [1.29, 1.82) is 0 Å². The Bertz CT molecular complexity index is 396. The van der Waals surface area contributed by atoms with Gasteiger partial charge in [0.2, 0.25) is 5.91 Å². The molecule has 0 bridgehead atoms. The minimum atomic E-state index is -0.537. The van der Waals surface area contributed by atoms with Gasteiger partial charge in [-0.2, -0.15) is 0 Å². The minimum absolute atomic E-state index is 0.0458. The van der Waals surface area contributed by atoms with Crippen molar-refractivity contribution < 1.29 is 9.18 Å². The Morgan fingerprint density at radius 3 is 2.76 bits per heavy atom. The highest BCUT2D eigenvalue weighted by Crippen LogP contribution is 2.18. The lowest BCUT2D eigenvalue weighted by Gasteiger charge is -2.08. The number of hydrogen-bond donors (Lipinski definition) is 2. The summed E-state index contributed by atoms with van der Waals surface area (Å²) in [5.74, 6) is -0.690. The van der Waals surface area contributed by atoms with Crippen molar-refractivity contribution in [2.75, 3.05) is 11.9 Å². The number of nitrogens with one attached hydrogen (secondary N) is 2. The Morgan fingerprint density at radius 1 is 1.47 bits per heavy atom. The van der Waals surface area contributed by atoms with Crippen LogP contribution in [0.3, 0.4) is 0 Å². The third-order valence-electron chi connectivity index (χ3n) is 2.11. The number of carbonyl (C=O) groups is 1. The molecule has 1 aromatic rings. The zero-order valence-corrected chi connectivity index (χ0v) is 10.6. The number of carbonyl (C=O) groups excluding carboxylic acids is 1. The van der Waals surface area contributed by atoms with E-state index in [-0.39, 0.29) is 10.9 Å². The number of anilines is 1. The molecule has 94 valence electrons. The fraction of sp³-hybridized carbons (Fsp3) is 0.417. The Morgan fingerprint density at radius 2 is 2.18 bits per heavy atom. The third kappa shape index (κ3) is 5.15. The van der Waals surface area contributed by atoms with Gasteiger partial charge in [0, 0.05) is 24.7 Å². The van der Waals surface area contributed by atoms with Crippen molar-refractivity contribution in [3.63, 3.8) is 0 Å². The second-order valence-corrected chi connectivity index (χ2v) is 4.44. The molecule has 0 saturated carbocycles. The maximum Gasteiger partial charge on any atom is 0.225 e. The van der Waals surface area contributed by atoms with Crippen molar-refractivity contribution in [3.8, 4) is 0 Å². The zero-order valence-electron chi connectivity index (χ0n) is 9.89. The summed E-state index contributed by atoms with van der Waals surface area (Å²) in [6.45, 7) is 4.61. The molecule has 0 radical (unpaired) electrons. The maximum atomic E-state index is 13.1. The Balaban J connectivity index is 2.42. The van der Waals surface area contributed by atoms with Gasteiger partial charge in [-0.1, -0.05) is 25.4 Å². The fourth-order valence-electron chi connectivity index (χ4n) is 1.27.